The Kier molecular flexibility index (Phi) is 5.92. The number of carbonyl (C=O) groups is 1. The Balaban J connectivity index is 0.00000218. The number of halogens is 1. The van der Waals surface area contributed by atoms with Gasteiger partial charge in [0.25, 0.3) is 11.5 Å². The van der Waals surface area contributed by atoms with E-state index in [1.165, 1.54) is 21.8 Å². The van der Waals surface area contributed by atoms with Crippen molar-refractivity contribution in [1.82, 2.24) is 20.6 Å². The quantitative estimate of drug-likeness (QED) is 0.574. The van der Waals surface area contributed by atoms with Crippen LogP contribution < -0.4 is 16.2 Å². The second-order valence-electron chi connectivity index (χ2n) is 7.52. The third-order valence-corrected chi connectivity index (χ3v) is 7.05. The van der Waals surface area contributed by atoms with Crippen LogP contribution in [0.3, 0.4) is 0 Å². The first-order valence-corrected chi connectivity index (χ1v) is 10.7. The Hall–Kier alpha value is -2.26. The van der Waals surface area contributed by atoms with Crippen molar-refractivity contribution in [2.24, 2.45) is 0 Å². The molecule has 9 heteroatoms. The highest BCUT2D eigenvalue weighted by atomic mass is 35.5. The number of hydrogen-bond donors (Lipinski definition) is 3. The zero-order valence-electron chi connectivity index (χ0n) is 16.3. The molecule has 1 saturated heterocycles. The molecule has 5 rings (SSSR count). The highest BCUT2D eigenvalue weighted by Gasteiger charge is 2.41. The highest BCUT2D eigenvalue weighted by Crippen LogP contribution is 2.44. The molecule has 0 radical (unpaired) electrons. The number of benzene rings is 1. The van der Waals surface area contributed by atoms with Gasteiger partial charge in [-0.25, -0.2) is 4.98 Å². The van der Waals surface area contributed by atoms with Gasteiger partial charge in [-0.15, -0.1) is 23.7 Å². The molecule has 0 aliphatic carbocycles. The van der Waals surface area contributed by atoms with Gasteiger partial charge in [-0.05, 0) is 56.1 Å². The van der Waals surface area contributed by atoms with Crippen LogP contribution in [0.2, 0.25) is 0 Å². The number of nitrogens with one attached hydrogen (secondary N) is 3. The molecule has 0 saturated carbocycles. The molecule has 0 atom stereocenters. The maximum Gasteiger partial charge on any atom is 0.261 e. The number of fused-ring (bicyclic) bond motifs is 3. The van der Waals surface area contributed by atoms with Crippen molar-refractivity contribution >= 4 is 40.6 Å². The highest BCUT2D eigenvalue weighted by molar-refractivity contribution is 7.14. The molecule has 1 fully saturated rings. The topological polar surface area (TPSA) is 96.1 Å². The third-order valence-electron chi connectivity index (χ3n) is 5.69. The van der Waals surface area contributed by atoms with Gasteiger partial charge in [0.2, 0.25) is 0 Å². The Morgan fingerprint density at radius 1 is 1.27 bits per heavy atom. The van der Waals surface area contributed by atoms with Gasteiger partial charge in [0.15, 0.2) is 0 Å². The molecule has 0 unspecified atom stereocenters. The van der Waals surface area contributed by atoms with Gasteiger partial charge in [0.1, 0.15) is 11.4 Å². The summed E-state index contributed by atoms with van der Waals surface area (Å²) >= 11 is 1.53. The van der Waals surface area contributed by atoms with Gasteiger partial charge in [-0.3, -0.25) is 9.59 Å². The standard InChI is InChI=1S/C21H22N4O3S.ClH/c26-19-14-3-1-2-4-15(14)24-17(25-19)12-23-20(27)16-11-13-5-10-28-21(18(13)29-16)6-8-22-9-7-21;/h1-4,11,22H,5-10,12H2,(H,23,27)(H,24,25,26);1H. The number of aromatic amines is 1. The monoisotopic (exact) mass is 446 g/mol. The van der Waals surface area contributed by atoms with Crippen molar-refractivity contribution in [3.8, 4) is 0 Å². The molecule has 0 bridgehead atoms. The number of thiophene rings is 1. The number of para-hydroxylation sites is 1. The summed E-state index contributed by atoms with van der Waals surface area (Å²) in [6, 6.07) is 9.17. The van der Waals surface area contributed by atoms with E-state index >= 15 is 0 Å². The SMILES string of the molecule is Cl.O=C(NCc1nc2ccccc2c(=O)[nH]1)c1cc2c(s1)C1(CCNCC1)OCC2. The number of aromatic nitrogens is 2. The molecular weight excluding hydrogens is 424 g/mol. The van der Waals surface area contributed by atoms with Gasteiger partial charge in [-0.2, -0.15) is 0 Å². The summed E-state index contributed by atoms with van der Waals surface area (Å²) in [5, 5.41) is 6.82. The van der Waals surface area contributed by atoms with Gasteiger partial charge in [-0.1, -0.05) is 12.1 Å². The number of rotatable bonds is 3. The van der Waals surface area contributed by atoms with E-state index in [2.05, 4.69) is 20.6 Å². The van der Waals surface area contributed by atoms with Crippen molar-refractivity contribution in [2.75, 3.05) is 19.7 Å². The maximum atomic E-state index is 12.8. The molecule has 2 aliphatic heterocycles. The number of hydrogen-bond acceptors (Lipinski definition) is 6. The Labute approximate surface area is 183 Å². The molecule has 158 valence electrons. The lowest BCUT2D eigenvalue weighted by Gasteiger charge is -2.40. The van der Waals surface area contributed by atoms with E-state index < -0.39 is 0 Å². The average molecular weight is 447 g/mol. The summed E-state index contributed by atoms with van der Waals surface area (Å²) in [5.41, 5.74) is 1.41. The Bertz CT molecular complexity index is 1140. The molecule has 2 aliphatic rings. The maximum absolute atomic E-state index is 12.8. The van der Waals surface area contributed by atoms with Crippen LogP contribution in [0.4, 0.5) is 0 Å². The van der Waals surface area contributed by atoms with Crippen molar-refractivity contribution in [1.29, 1.82) is 0 Å². The van der Waals surface area contributed by atoms with Crippen molar-refractivity contribution in [3.05, 3.63) is 61.8 Å². The van der Waals surface area contributed by atoms with Crippen LogP contribution in [0.5, 0.6) is 0 Å². The summed E-state index contributed by atoms with van der Waals surface area (Å²) in [4.78, 5) is 34.0. The van der Waals surface area contributed by atoms with Gasteiger partial charge in [0.05, 0.1) is 28.9 Å². The molecule has 1 spiro atoms. The minimum absolute atomic E-state index is 0. The zero-order valence-corrected chi connectivity index (χ0v) is 18.0. The molecule has 4 heterocycles. The second kappa shape index (κ2) is 8.47. The van der Waals surface area contributed by atoms with Gasteiger partial charge in [0, 0.05) is 4.88 Å². The van der Waals surface area contributed by atoms with Crippen LogP contribution >= 0.6 is 23.7 Å². The molecular formula is C21H23ClN4O3S. The number of amides is 1. The fourth-order valence-corrected chi connectivity index (χ4v) is 5.53. The van der Waals surface area contributed by atoms with Crippen molar-refractivity contribution < 1.29 is 9.53 Å². The number of carbonyl (C=O) groups excluding carboxylic acids is 1. The Morgan fingerprint density at radius 2 is 2.07 bits per heavy atom. The lowest BCUT2D eigenvalue weighted by atomic mass is 9.86. The first-order chi connectivity index (χ1) is 14.1. The van der Waals surface area contributed by atoms with Crippen LogP contribution in [-0.2, 0) is 23.3 Å². The summed E-state index contributed by atoms with van der Waals surface area (Å²) in [7, 11) is 0. The number of piperidine rings is 1. The molecule has 1 amide bonds. The fourth-order valence-electron chi connectivity index (χ4n) is 4.21. The van der Waals surface area contributed by atoms with Crippen molar-refractivity contribution in [3.63, 3.8) is 0 Å². The van der Waals surface area contributed by atoms with Crippen LogP contribution in [-0.4, -0.2) is 35.6 Å². The Morgan fingerprint density at radius 3 is 2.90 bits per heavy atom. The first-order valence-electron chi connectivity index (χ1n) is 9.89. The predicted octanol–water partition coefficient (Wildman–Crippen LogP) is 2.49. The average Bonchev–Trinajstić information content (AvgIpc) is 3.19. The molecule has 1 aromatic carbocycles. The second-order valence-corrected chi connectivity index (χ2v) is 8.57. The van der Waals surface area contributed by atoms with Crippen LogP contribution in [0, 0.1) is 0 Å². The van der Waals surface area contributed by atoms with Crippen LogP contribution in [0.1, 0.15) is 38.8 Å². The van der Waals surface area contributed by atoms with E-state index in [0.717, 1.165) is 32.4 Å². The largest absolute Gasteiger partial charge is 0.369 e. The molecule has 2 aromatic heterocycles. The van der Waals surface area contributed by atoms with Crippen LogP contribution in [0.15, 0.2) is 35.1 Å². The predicted molar refractivity (Wildman–Crippen MR) is 119 cm³/mol. The van der Waals surface area contributed by atoms with Crippen LogP contribution in [0.25, 0.3) is 10.9 Å². The van der Waals surface area contributed by atoms with Gasteiger partial charge >= 0.3 is 0 Å². The summed E-state index contributed by atoms with van der Waals surface area (Å²) in [6.07, 6.45) is 2.71. The van der Waals surface area contributed by atoms with E-state index in [4.69, 9.17) is 4.74 Å². The lowest BCUT2D eigenvalue weighted by molar-refractivity contribution is -0.0771. The fraction of sp³-hybridized carbons (Fsp3) is 0.381. The zero-order chi connectivity index (χ0) is 19.8. The van der Waals surface area contributed by atoms with E-state index in [0.29, 0.717) is 28.2 Å². The van der Waals surface area contributed by atoms with Gasteiger partial charge < -0.3 is 20.4 Å². The summed E-state index contributed by atoms with van der Waals surface area (Å²) in [6.45, 7) is 2.74. The normalized spacial score (nSPS) is 17.3. The summed E-state index contributed by atoms with van der Waals surface area (Å²) < 4.78 is 6.20. The minimum atomic E-state index is -0.243. The smallest absolute Gasteiger partial charge is 0.261 e. The van der Waals surface area contributed by atoms with E-state index in [-0.39, 0.29) is 36.0 Å². The number of nitrogens with zero attached hydrogens (tertiary/aromatic N) is 1. The first kappa shape index (κ1) is 21.0. The van der Waals surface area contributed by atoms with Crippen molar-refractivity contribution in [2.45, 2.75) is 31.4 Å². The molecule has 3 N–H and O–H groups in total. The number of ether oxygens (including phenoxy) is 1. The minimum Gasteiger partial charge on any atom is -0.369 e. The third kappa shape index (κ3) is 3.76. The van der Waals surface area contributed by atoms with E-state index in [1.807, 2.05) is 12.1 Å². The molecule has 3 aromatic rings. The molecule has 7 nitrogen and oxygen atoms in total. The lowest BCUT2D eigenvalue weighted by Crippen LogP contribution is -2.43. The molecule has 30 heavy (non-hydrogen) atoms. The van der Waals surface area contributed by atoms with E-state index in [1.54, 1.807) is 18.2 Å². The van der Waals surface area contributed by atoms with E-state index in [9.17, 15) is 9.59 Å². The summed E-state index contributed by atoms with van der Waals surface area (Å²) in [5.74, 6) is 0.297. The number of H-pyrrole nitrogens is 1.